The van der Waals surface area contributed by atoms with Gasteiger partial charge in [-0.1, -0.05) is 15.9 Å². The number of amides is 1. The summed E-state index contributed by atoms with van der Waals surface area (Å²) in [5, 5.41) is 3.19. The van der Waals surface area contributed by atoms with Gasteiger partial charge in [0.25, 0.3) is 5.91 Å². The average molecular weight is 325 g/mol. The lowest BCUT2D eigenvalue weighted by atomic mass is 10.0. The molecular formula is C15H21BrN2O. The SMILES string of the molecule is CNCC1CCCCN1C(=O)c1cc(C)cc(Br)c1. The van der Waals surface area contributed by atoms with Gasteiger partial charge in [0.1, 0.15) is 0 Å². The number of rotatable bonds is 3. The molecule has 1 N–H and O–H groups in total. The quantitative estimate of drug-likeness (QED) is 0.927. The summed E-state index contributed by atoms with van der Waals surface area (Å²) in [7, 11) is 1.94. The summed E-state index contributed by atoms with van der Waals surface area (Å²) in [6.07, 6.45) is 3.42. The van der Waals surface area contributed by atoms with Crippen LogP contribution in [-0.4, -0.2) is 37.0 Å². The summed E-state index contributed by atoms with van der Waals surface area (Å²) < 4.78 is 0.970. The monoisotopic (exact) mass is 324 g/mol. The lowest BCUT2D eigenvalue weighted by molar-refractivity contribution is 0.0615. The first-order chi connectivity index (χ1) is 9.11. The predicted molar refractivity (Wildman–Crippen MR) is 81.5 cm³/mol. The Morgan fingerprint density at radius 1 is 1.42 bits per heavy atom. The van der Waals surface area contributed by atoms with Crippen LogP contribution in [0.2, 0.25) is 0 Å². The molecule has 3 nitrogen and oxygen atoms in total. The second kappa shape index (κ2) is 6.53. The Balaban J connectivity index is 2.20. The molecule has 0 saturated carbocycles. The molecule has 1 aliphatic heterocycles. The number of aryl methyl sites for hydroxylation is 1. The molecule has 1 heterocycles. The first-order valence-corrected chi connectivity index (χ1v) is 7.64. The van der Waals surface area contributed by atoms with E-state index in [0.29, 0.717) is 6.04 Å². The molecule has 0 aliphatic carbocycles. The zero-order valence-corrected chi connectivity index (χ0v) is 13.2. The van der Waals surface area contributed by atoms with Crippen LogP contribution in [0, 0.1) is 6.92 Å². The Hall–Kier alpha value is -0.870. The summed E-state index contributed by atoms with van der Waals surface area (Å²) >= 11 is 3.47. The average Bonchev–Trinajstić information content (AvgIpc) is 2.38. The van der Waals surface area contributed by atoms with E-state index in [1.165, 1.54) is 6.42 Å². The Morgan fingerprint density at radius 2 is 2.21 bits per heavy atom. The molecule has 1 aromatic carbocycles. The maximum Gasteiger partial charge on any atom is 0.254 e. The number of nitrogens with one attached hydrogen (secondary N) is 1. The summed E-state index contributed by atoms with van der Waals surface area (Å²) in [5.74, 6) is 0.157. The number of likely N-dealkylation sites (tertiary alicyclic amines) is 1. The van der Waals surface area contributed by atoms with E-state index in [-0.39, 0.29) is 5.91 Å². The fourth-order valence-electron chi connectivity index (χ4n) is 2.74. The van der Waals surface area contributed by atoms with E-state index < -0.39 is 0 Å². The maximum atomic E-state index is 12.7. The minimum atomic E-state index is 0.157. The van der Waals surface area contributed by atoms with Crippen molar-refractivity contribution in [2.75, 3.05) is 20.1 Å². The van der Waals surface area contributed by atoms with Crippen LogP contribution in [0.4, 0.5) is 0 Å². The molecule has 0 bridgehead atoms. The smallest absolute Gasteiger partial charge is 0.254 e. The molecular weight excluding hydrogens is 304 g/mol. The van der Waals surface area contributed by atoms with Gasteiger partial charge in [0, 0.05) is 29.2 Å². The van der Waals surface area contributed by atoms with E-state index in [9.17, 15) is 4.79 Å². The maximum absolute atomic E-state index is 12.7. The number of carbonyl (C=O) groups is 1. The molecule has 1 saturated heterocycles. The second-order valence-electron chi connectivity index (χ2n) is 5.22. The minimum Gasteiger partial charge on any atom is -0.334 e. The van der Waals surface area contributed by atoms with Crippen LogP contribution >= 0.6 is 15.9 Å². The van der Waals surface area contributed by atoms with Gasteiger partial charge in [0.2, 0.25) is 0 Å². The fourth-order valence-corrected chi connectivity index (χ4v) is 3.35. The minimum absolute atomic E-state index is 0.157. The van der Waals surface area contributed by atoms with Gasteiger partial charge in [-0.3, -0.25) is 4.79 Å². The van der Waals surface area contributed by atoms with E-state index in [1.807, 2.05) is 37.1 Å². The first kappa shape index (κ1) is 14.5. The van der Waals surface area contributed by atoms with Gasteiger partial charge < -0.3 is 10.2 Å². The van der Waals surface area contributed by atoms with E-state index >= 15 is 0 Å². The van der Waals surface area contributed by atoms with Crippen molar-refractivity contribution in [3.05, 3.63) is 33.8 Å². The van der Waals surface area contributed by atoms with Crippen molar-refractivity contribution in [2.45, 2.75) is 32.2 Å². The lowest BCUT2D eigenvalue weighted by Gasteiger charge is -2.36. The fraction of sp³-hybridized carbons (Fsp3) is 0.533. The Morgan fingerprint density at radius 3 is 2.89 bits per heavy atom. The molecule has 2 rings (SSSR count). The van der Waals surface area contributed by atoms with Crippen LogP contribution in [0.1, 0.15) is 35.2 Å². The number of likely N-dealkylation sites (N-methyl/N-ethyl adjacent to an activating group) is 1. The molecule has 1 atom stereocenters. The number of benzene rings is 1. The van der Waals surface area contributed by atoms with Crippen molar-refractivity contribution in [2.24, 2.45) is 0 Å². The Bertz CT molecular complexity index is 439. The van der Waals surface area contributed by atoms with E-state index in [4.69, 9.17) is 0 Å². The van der Waals surface area contributed by atoms with Gasteiger partial charge >= 0.3 is 0 Å². The number of hydrogen-bond donors (Lipinski definition) is 1. The number of halogens is 1. The van der Waals surface area contributed by atoms with Crippen molar-refractivity contribution in [3.8, 4) is 0 Å². The lowest BCUT2D eigenvalue weighted by Crippen LogP contribution is -2.48. The van der Waals surface area contributed by atoms with E-state index in [0.717, 1.165) is 41.5 Å². The van der Waals surface area contributed by atoms with Crippen LogP contribution in [0.15, 0.2) is 22.7 Å². The number of piperidine rings is 1. The highest BCUT2D eigenvalue weighted by molar-refractivity contribution is 9.10. The molecule has 4 heteroatoms. The number of hydrogen-bond acceptors (Lipinski definition) is 2. The van der Waals surface area contributed by atoms with Crippen LogP contribution in [0.3, 0.4) is 0 Å². The molecule has 0 aromatic heterocycles. The molecule has 1 fully saturated rings. The molecule has 104 valence electrons. The standard InChI is InChI=1S/C15H21BrN2O/c1-11-7-12(9-13(16)8-11)15(19)18-6-4-3-5-14(18)10-17-2/h7-9,14,17H,3-6,10H2,1-2H3. The third kappa shape index (κ3) is 3.57. The van der Waals surface area contributed by atoms with Gasteiger partial charge in [-0.15, -0.1) is 0 Å². The molecule has 1 aromatic rings. The zero-order chi connectivity index (χ0) is 13.8. The van der Waals surface area contributed by atoms with E-state index in [2.05, 4.69) is 21.2 Å². The second-order valence-corrected chi connectivity index (χ2v) is 6.14. The molecule has 0 radical (unpaired) electrons. The Labute approximate surface area is 123 Å². The summed E-state index contributed by atoms with van der Waals surface area (Å²) in [5.41, 5.74) is 1.90. The zero-order valence-electron chi connectivity index (χ0n) is 11.6. The molecule has 1 unspecified atom stereocenters. The summed E-state index contributed by atoms with van der Waals surface area (Å²) in [4.78, 5) is 14.7. The molecule has 1 aliphatic rings. The molecule has 1 amide bonds. The largest absolute Gasteiger partial charge is 0.334 e. The van der Waals surface area contributed by atoms with Crippen molar-refractivity contribution in [1.29, 1.82) is 0 Å². The van der Waals surface area contributed by atoms with Gasteiger partial charge in [-0.2, -0.15) is 0 Å². The molecule has 0 spiro atoms. The van der Waals surface area contributed by atoms with E-state index in [1.54, 1.807) is 0 Å². The topological polar surface area (TPSA) is 32.3 Å². The summed E-state index contributed by atoms with van der Waals surface area (Å²) in [6.45, 7) is 3.76. The van der Waals surface area contributed by atoms with Crippen LogP contribution in [0.5, 0.6) is 0 Å². The van der Waals surface area contributed by atoms with Crippen molar-refractivity contribution in [1.82, 2.24) is 10.2 Å². The number of nitrogens with zero attached hydrogens (tertiary/aromatic N) is 1. The van der Waals surface area contributed by atoms with Crippen LogP contribution in [-0.2, 0) is 0 Å². The number of carbonyl (C=O) groups excluding carboxylic acids is 1. The summed E-state index contributed by atoms with van der Waals surface area (Å²) in [6, 6.07) is 6.24. The highest BCUT2D eigenvalue weighted by Gasteiger charge is 2.27. The van der Waals surface area contributed by atoms with Gasteiger partial charge in [0.05, 0.1) is 0 Å². The third-order valence-corrected chi connectivity index (χ3v) is 4.07. The highest BCUT2D eigenvalue weighted by Crippen LogP contribution is 2.22. The normalized spacial score (nSPS) is 19.5. The van der Waals surface area contributed by atoms with Gasteiger partial charge in [-0.25, -0.2) is 0 Å². The van der Waals surface area contributed by atoms with Crippen LogP contribution in [0.25, 0.3) is 0 Å². The molecule has 19 heavy (non-hydrogen) atoms. The van der Waals surface area contributed by atoms with Crippen molar-refractivity contribution >= 4 is 21.8 Å². The Kier molecular flexibility index (Phi) is 4.99. The third-order valence-electron chi connectivity index (χ3n) is 3.62. The highest BCUT2D eigenvalue weighted by atomic mass is 79.9. The van der Waals surface area contributed by atoms with Crippen molar-refractivity contribution in [3.63, 3.8) is 0 Å². The first-order valence-electron chi connectivity index (χ1n) is 6.84. The predicted octanol–water partition coefficient (Wildman–Crippen LogP) is 2.97. The van der Waals surface area contributed by atoms with Crippen molar-refractivity contribution < 1.29 is 4.79 Å². The van der Waals surface area contributed by atoms with Gasteiger partial charge in [-0.05, 0) is 57.0 Å². The van der Waals surface area contributed by atoms with Crippen LogP contribution < -0.4 is 5.32 Å². The van der Waals surface area contributed by atoms with Gasteiger partial charge in [0.15, 0.2) is 0 Å².